The molecule has 0 aliphatic carbocycles. The molecular formula is C18H22N2OS. The Morgan fingerprint density at radius 3 is 2.86 bits per heavy atom. The third kappa shape index (κ3) is 3.55. The zero-order chi connectivity index (χ0) is 15.5. The molecular weight excluding hydrogens is 292 g/mol. The minimum absolute atomic E-state index is 0.182. The Hall–Kier alpha value is -1.68. The molecule has 0 radical (unpaired) electrons. The van der Waals surface area contributed by atoms with Crippen molar-refractivity contribution in [3.63, 3.8) is 0 Å². The molecule has 116 valence electrons. The van der Waals surface area contributed by atoms with Crippen LogP contribution >= 0.6 is 11.3 Å². The lowest BCUT2D eigenvalue weighted by molar-refractivity contribution is -0.130. The van der Waals surface area contributed by atoms with Crippen LogP contribution in [-0.4, -0.2) is 28.9 Å². The molecule has 3 rings (SSSR count). The van der Waals surface area contributed by atoms with Gasteiger partial charge in [-0.1, -0.05) is 29.8 Å². The van der Waals surface area contributed by atoms with E-state index in [1.54, 1.807) is 18.3 Å². The summed E-state index contributed by atoms with van der Waals surface area (Å²) in [6.07, 6.45) is 5.17. The lowest BCUT2D eigenvalue weighted by Gasteiger charge is -2.30. The highest BCUT2D eigenvalue weighted by Gasteiger charge is 2.24. The minimum atomic E-state index is 0.182. The predicted molar refractivity (Wildman–Crippen MR) is 90.3 cm³/mol. The molecule has 1 aliphatic rings. The van der Waals surface area contributed by atoms with E-state index >= 15 is 0 Å². The molecule has 0 spiro atoms. The molecule has 1 saturated heterocycles. The number of nitrogens with zero attached hydrogens (tertiary/aromatic N) is 2. The topological polar surface area (TPSA) is 33.2 Å². The fourth-order valence-corrected chi connectivity index (χ4v) is 4.04. The number of thiazole rings is 1. The molecule has 1 amide bonds. The van der Waals surface area contributed by atoms with Gasteiger partial charge in [0.1, 0.15) is 0 Å². The lowest BCUT2D eigenvalue weighted by atomic mass is 9.99. The first kappa shape index (κ1) is 15.2. The highest BCUT2D eigenvalue weighted by Crippen LogP contribution is 2.30. The molecule has 1 fully saturated rings. The van der Waals surface area contributed by atoms with Crippen LogP contribution in [0.1, 0.15) is 46.7 Å². The fourth-order valence-electron chi connectivity index (χ4n) is 2.96. The van der Waals surface area contributed by atoms with Crippen LogP contribution in [0.2, 0.25) is 0 Å². The van der Waals surface area contributed by atoms with E-state index in [0.717, 1.165) is 32.4 Å². The summed E-state index contributed by atoms with van der Waals surface area (Å²) in [6, 6.07) is 8.69. The van der Waals surface area contributed by atoms with Gasteiger partial charge in [-0.05, 0) is 25.3 Å². The van der Waals surface area contributed by atoms with Crippen LogP contribution in [0, 0.1) is 6.92 Å². The lowest BCUT2D eigenvalue weighted by Crippen LogP contribution is -2.37. The second-order valence-corrected chi connectivity index (χ2v) is 7.28. The smallest absolute Gasteiger partial charge is 0.219 e. The number of aryl methyl sites for hydroxylation is 1. The van der Waals surface area contributed by atoms with Crippen LogP contribution in [-0.2, 0) is 11.2 Å². The molecule has 2 heterocycles. The Labute approximate surface area is 136 Å². The maximum Gasteiger partial charge on any atom is 0.219 e. The maximum absolute atomic E-state index is 11.6. The van der Waals surface area contributed by atoms with Gasteiger partial charge in [-0.25, -0.2) is 4.98 Å². The van der Waals surface area contributed by atoms with Crippen molar-refractivity contribution in [1.82, 2.24) is 9.88 Å². The van der Waals surface area contributed by atoms with Gasteiger partial charge in [0.05, 0.1) is 5.01 Å². The van der Waals surface area contributed by atoms with E-state index in [0.29, 0.717) is 5.92 Å². The molecule has 0 saturated carbocycles. The number of hydrogen-bond acceptors (Lipinski definition) is 3. The number of carbonyl (C=O) groups excluding carboxylic acids is 1. The number of rotatable bonds is 3. The monoisotopic (exact) mass is 314 g/mol. The number of piperidine rings is 1. The molecule has 1 unspecified atom stereocenters. The molecule has 1 atom stereocenters. The average Bonchev–Trinajstić information content (AvgIpc) is 2.98. The van der Waals surface area contributed by atoms with Gasteiger partial charge in [-0.15, -0.1) is 11.3 Å². The van der Waals surface area contributed by atoms with Crippen molar-refractivity contribution in [2.45, 2.75) is 39.0 Å². The second kappa shape index (κ2) is 6.61. The maximum atomic E-state index is 11.6. The van der Waals surface area contributed by atoms with Crippen molar-refractivity contribution < 1.29 is 4.79 Å². The average molecular weight is 314 g/mol. The summed E-state index contributed by atoms with van der Waals surface area (Å²) in [6.45, 7) is 5.49. The SMILES string of the molecule is CC(=O)N1CCCC(c2ncc(Cc3ccc(C)cc3)s2)C1. The van der Waals surface area contributed by atoms with E-state index < -0.39 is 0 Å². The Bertz CT molecular complexity index is 647. The number of hydrogen-bond donors (Lipinski definition) is 0. The summed E-state index contributed by atoms with van der Waals surface area (Å²) in [7, 11) is 0. The van der Waals surface area contributed by atoms with Crippen molar-refractivity contribution in [3.8, 4) is 0 Å². The van der Waals surface area contributed by atoms with E-state index in [4.69, 9.17) is 0 Å². The molecule has 3 nitrogen and oxygen atoms in total. The quantitative estimate of drug-likeness (QED) is 0.864. The van der Waals surface area contributed by atoms with Crippen LogP contribution in [0.3, 0.4) is 0 Å². The first-order valence-electron chi connectivity index (χ1n) is 7.87. The molecule has 1 aliphatic heterocycles. The van der Waals surface area contributed by atoms with Crippen molar-refractivity contribution in [2.24, 2.45) is 0 Å². The third-order valence-corrected chi connectivity index (χ3v) is 5.45. The number of amides is 1. The first-order chi connectivity index (χ1) is 10.6. The Kier molecular flexibility index (Phi) is 4.57. The van der Waals surface area contributed by atoms with Gasteiger partial charge in [-0.2, -0.15) is 0 Å². The zero-order valence-electron chi connectivity index (χ0n) is 13.2. The van der Waals surface area contributed by atoms with E-state index in [-0.39, 0.29) is 5.91 Å². The summed E-state index contributed by atoms with van der Waals surface area (Å²) < 4.78 is 0. The second-order valence-electron chi connectivity index (χ2n) is 6.13. The van der Waals surface area contributed by atoms with Gasteiger partial charge >= 0.3 is 0 Å². The van der Waals surface area contributed by atoms with Crippen LogP contribution in [0.15, 0.2) is 30.5 Å². The molecule has 22 heavy (non-hydrogen) atoms. The number of benzene rings is 1. The van der Waals surface area contributed by atoms with Crippen LogP contribution < -0.4 is 0 Å². The molecule has 2 aromatic rings. The van der Waals surface area contributed by atoms with Crippen LogP contribution in [0.4, 0.5) is 0 Å². The molecule has 1 aromatic carbocycles. The Morgan fingerprint density at radius 2 is 2.14 bits per heavy atom. The fraction of sp³-hybridized carbons (Fsp3) is 0.444. The van der Waals surface area contributed by atoms with Crippen molar-refractivity contribution in [1.29, 1.82) is 0 Å². The van der Waals surface area contributed by atoms with E-state index in [1.807, 2.05) is 11.1 Å². The van der Waals surface area contributed by atoms with E-state index in [2.05, 4.69) is 36.2 Å². The summed E-state index contributed by atoms with van der Waals surface area (Å²) in [4.78, 5) is 19.4. The molecule has 0 bridgehead atoms. The minimum Gasteiger partial charge on any atom is -0.342 e. The van der Waals surface area contributed by atoms with Gasteiger partial charge < -0.3 is 4.90 Å². The zero-order valence-corrected chi connectivity index (χ0v) is 14.0. The standard InChI is InChI=1S/C18H22N2OS/c1-13-5-7-15(8-6-13)10-17-11-19-18(22-17)16-4-3-9-20(12-16)14(2)21/h5-8,11,16H,3-4,9-10,12H2,1-2H3. The third-order valence-electron chi connectivity index (χ3n) is 4.29. The summed E-state index contributed by atoms with van der Waals surface area (Å²) in [5.74, 6) is 0.593. The summed E-state index contributed by atoms with van der Waals surface area (Å²) in [5.41, 5.74) is 2.62. The van der Waals surface area contributed by atoms with Crippen molar-refractivity contribution >= 4 is 17.2 Å². The molecule has 0 N–H and O–H groups in total. The predicted octanol–water partition coefficient (Wildman–Crippen LogP) is 3.77. The first-order valence-corrected chi connectivity index (χ1v) is 8.69. The largest absolute Gasteiger partial charge is 0.342 e. The van der Waals surface area contributed by atoms with E-state index in [1.165, 1.54) is 21.0 Å². The number of likely N-dealkylation sites (tertiary alicyclic amines) is 1. The normalized spacial score (nSPS) is 18.5. The Morgan fingerprint density at radius 1 is 1.36 bits per heavy atom. The summed E-state index contributed by atoms with van der Waals surface area (Å²) in [5, 5.41) is 1.19. The van der Waals surface area contributed by atoms with E-state index in [9.17, 15) is 4.79 Å². The highest BCUT2D eigenvalue weighted by atomic mass is 32.1. The number of carbonyl (C=O) groups is 1. The number of aromatic nitrogens is 1. The Balaban J connectivity index is 1.68. The van der Waals surface area contributed by atoms with Gasteiger partial charge in [0.25, 0.3) is 0 Å². The van der Waals surface area contributed by atoms with Gasteiger partial charge in [0.2, 0.25) is 5.91 Å². The van der Waals surface area contributed by atoms with Gasteiger partial charge in [0.15, 0.2) is 0 Å². The van der Waals surface area contributed by atoms with Crippen LogP contribution in [0.5, 0.6) is 0 Å². The van der Waals surface area contributed by atoms with Crippen molar-refractivity contribution in [3.05, 3.63) is 51.5 Å². The van der Waals surface area contributed by atoms with Crippen LogP contribution in [0.25, 0.3) is 0 Å². The van der Waals surface area contributed by atoms with Gasteiger partial charge in [0, 0.05) is 43.4 Å². The highest BCUT2D eigenvalue weighted by molar-refractivity contribution is 7.11. The molecule has 4 heteroatoms. The summed E-state index contributed by atoms with van der Waals surface area (Å²) >= 11 is 1.80. The van der Waals surface area contributed by atoms with Gasteiger partial charge in [-0.3, -0.25) is 4.79 Å². The van der Waals surface area contributed by atoms with Crippen molar-refractivity contribution in [2.75, 3.05) is 13.1 Å². The molecule has 1 aromatic heterocycles.